The number of nitrogens with one attached hydrogen (secondary N) is 1. The molecule has 0 radical (unpaired) electrons. The molecule has 21 heavy (non-hydrogen) atoms. The van der Waals surface area contributed by atoms with Gasteiger partial charge >= 0.3 is 0 Å². The first-order chi connectivity index (χ1) is 9.90. The van der Waals surface area contributed by atoms with Crippen molar-refractivity contribution in [2.45, 2.75) is 41.0 Å². The smallest absolute Gasteiger partial charge is 0.223 e. The molecule has 0 bridgehead atoms. The van der Waals surface area contributed by atoms with Gasteiger partial charge in [-0.1, -0.05) is 45.4 Å². The number of ether oxygens (including phenoxy) is 1. The predicted octanol–water partition coefficient (Wildman–Crippen LogP) is 3.81. The molecule has 118 valence electrons. The molecule has 0 spiro atoms. The van der Waals surface area contributed by atoms with Gasteiger partial charge in [0, 0.05) is 6.54 Å². The Bertz CT molecular complexity index is 415. The van der Waals surface area contributed by atoms with E-state index in [-0.39, 0.29) is 5.91 Å². The first-order valence-electron chi connectivity index (χ1n) is 7.86. The van der Waals surface area contributed by atoms with Crippen molar-refractivity contribution in [1.29, 1.82) is 0 Å². The van der Waals surface area contributed by atoms with E-state index in [4.69, 9.17) is 4.74 Å². The minimum absolute atomic E-state index is 0.0633. The van der Waals surface area contributed by atoms with Crippen molar-refractivity contribution in [2.24, 2.45) is 17.8 Å². The van der Waals surface area contributed by atoms with E-state index in [1.165, 1.54) is 5.56 Å². The molecule has 1 rings (SSSR count). The van der Waals surface area contributed by atoms with Crippen LogP contribution in [0.1, 0.15) is 39.7 Å². The van der Waals surface area contributed by atoms with Crippen LogP contribution in [0.2, 0.25) is 0 Å². The summed E-state index contributed by atoms with van der Waals surface area (Å²) in [5, 5.41) is 3.02. The Morgan fingerprint density at radius 1 is 1.10 bits per heavy atom. The average molecular weight is 291 g/mol. The predicted molar refractivity (Wildman–Crippen MR) is 87.5 cm³/mol. The summed E-state index contributed by atoms with van der Waals surface area (Å²) in [6.07, 6.45) is 0.400. The highest BCUT2D eigenvalue weighted by atomic mass is 16.5. The van der Waals surface area contributed by atoms with Crippen molar-refractivity contribution in [3.05, 3.63) is 29.8 Å². The Kier molecular flexibility index (Phi) is 7.27. The lowest BCUT2D eigenvalue weighted by Crippen LogP contribution is -2.34. The van der Waals surface area contributed by atoms with Crippen LogP contribution >= 0.6 is 0 Å². The molecule has 0 saturated carbocycles. The zero-order valence-corrected chi connectivity index (χ0v) is 14.0. The SMILES string of the molecule is Cc1ccc(OCCC(=O)NCC(C(C)C)C(C)C)cc1. The van der Waals surface area contributed by atoms with Crippen LogP contribution < -0.4 is 10.1 Å². The number of carbonyl (C=O) groups is 1. The summed E-state index contributed by atoms with van der Waals surface area (Å²) in [6, 6.07) is 7.87. The lowest BCUT2D eigenvalue weighted by Gasteiger charge is -2.25. The Morgan fingerprint density at radius 3 is 2.19 bits per heavy atom. The molecule has 1 aromatic rings. The lowest BCUT2D eigenvalue weighted by atomic mass is 9.85. The van der Waals surface area contributed by atoms with Crippen LogP contribution in [0.5, 0.6) is 5.75 Å². The molecule has 0 aliphatic carbocycles. The molecule has 0 atom stereocenters. The highest BCUT2D eigenvalue weighted by molar-refractivity contribution is 5.75. The standard InChI is InChI=1S/C18H29NO2/c1-13(2)17(14(3)4)12-19-18(20)10-11-21-16-8-6-15(5)7-9-16/h6-9,13-14,17H,10-12H2,1-5H3,(H,19,20). The highest BCUT2D eigenvalue weighted by Crippen LogP contribution is 2.19. The molecular formula is C18H29NO2. The van der Waals surface area contributed by atoms with Crippen LogP contribution in [0, 0.1) is 24.7 Å². The number of hydrogen-bond acceptors (Lipinski definition) is 2. The molecule has 0 aliphatic rings. The maximum Gasteiger partial charge on any atom is 0.223 e. The summed E-state index contributed by atoms with van der Waals surface area (Å²) in [5.74, 6) is 2.55. The molecule has 0 fully saturated rings. The number of benzene rings is 1. The van der Waals surface area contributed by atoms with Crippen LogP contribution in [0.4, 0.5) is 0 Å². The first-order valence-corrected chi connectivity index (χ1v) is 7.86. The minimum Gasteiger partial charge on any atom is -0.493 e. The van der Waals surface area contributed by atoms with Gasteiger partial charge in [0.15, 0.2) is 0 Å². The monoisotopic (exact) mass is 291 g/mol. The highest BCUT2D eigenvalue weighted by Gasteiger charge is 2.18. The molecule has 0 unspecified atom stereocenters. The Morgan fingerprint density at radius 2 is 1.67 bits per heavy atom. The molecule has 0 saturated heterocycles. The Labute approximate surface area is 129 Å². The van der Waals surface area contributed by atoms with Gasteiger partial charge in [-0.25, -0.2) is 0 Å². The maximum absolute atomic E-state index is 11.8. The van der Waals surface area contributed by atoms with Crippen molar-refractivity contribution in [1.82, 2.24) is 5.32 Å². The van der Waals surface area contributed by atoms with Gasteiger partial charge in [0.1, 0.15) is 5.75 Å². The zero-order valence-electron chi connectivity index (χ0n) is 14.0. The molecule has 0 aromatic heterocycles. The van der Waals surface area contributed by atoms with Gasteiger partial charge in [-0.15, -0.1) is 0 Å². The van der Waals surface area contributed by atoms with Crippen LogP contribution in [0.15, 0.2) is 24.3 Å². The minimum atomic E-state index is 0.0633. The summed E-state index contributed by atoms with van der Waals surface area (Å²) in [5.41, 5.74) is 1.20. The van der Waals surface area contributed by atoms with E-state index >= 15 is 0 Å². The average Bonchev–Trinajstić information content (AvgIpc) is 2.40. The third-order valence-electron chi connectivity index (χ3n) is 3.87. The fraction of sp³-hybridized carbons (Fsp3) is 0.611. The summed E-state index contributed by atoms with van der Waals surface area (Å²) >= 11 is 0. The Hall–Kier alpha value is -1.51. The molecule has 0 aliphatic heterocycles. The molecule has 1 amide bonds. The van der Waals surface area contributed by atoms with Gasteiger partial charge in [0.25, 0.3) is 0 Å². The summed E-state index contributed by atoms with van der Waals surface area (Å²) in [6.45, 7) is 12.0. The largest absolute Gasteiger partial charge is 0.493 e. The van der Waals surface area contributed by atoms with Crippen LogP contribution in [-0.2, 0) is 4.79 Å². The van der Waals surface area contributed by atoms with Gasteiger partial charge in [-0.05, 0) is 36.8 Å². The zero-order chi connectivity index (χ0) is 15.8. The quantitative estimate of drug-likeness (QED) is 0.791. The third kappa shape index (κ3) is 6.65. The Balaban J connectivity index is 2.26. The van der Waals surface area contributed by atoms with Gasteiger partial charge in [0.2, 0.25) is 5.91 Å². The fourth-order valence-corrected chi connectivity index (χ4v) is 2.46. The van der Waals surface area contributed by atoms with Crippen molar-refractivity contribution in [2.75, 3.05) is 13.2 Å². The summed E-state index contributed by atoms with van der Waals surface area (Å²) < 4.78 is 5.57. The van der Waals surface area contributed by atoms with Gasteiger partial charge in [-0.3, -0.25) is 4.79 Å². The number of hydrogen-bond donors (Lipinski definition) is 1. The second-order valence-electron chi connectivity index (χ2n) is 6.37. The van der Waals surface area contributed by atoms with Crippen LogP contribution in [0.3, 0.4) is 0 Å². The van der Waals surface area contributed by atoms with Gasteiger partial charge in [-0.2, -0.15) is 0 Å². The van der Waals surface area contributed by atoms with Crippen LogP contribution in [-0.4, -0.2) is 19.1 Å². The van der Waals surface area contributed by atoms with E-state index in [9.17, 15) is 4.79 Å². The maximum atomic E-state index is 11.8. The third-order valence-corrected chi connectivity index (χ3v) is 3.87. The van der Waals surface area contributed by atoms with E-state index in [2.05, 4.69) is 33.0 Å². The molecule has 1 aromatic carbocycles. The van der Waals surface area contributed by atoms with Crippen molar-refractivity contribution in [3.63, 3.8) is 0 Å². The van der Waals surface area contributed by atoms with Crippen molar-refractivity contribution >= 4 is 5.91 Å². The van der Waals surface area contributed by atoms with E-state index in [0.717, 1.165) is 12.3 Å². The van der Waals surface area contributed by atoms with Crippen molar-refractivity contribution in [3.8, 4) is 5.75 Å². The molecule has 3 nitrogen and oxygen atoms in total. The molecule has 0 heterocycles. The topological polar surface area (TPSA) is 38.3 Å². The first kappa shape index (κ1) is 17.5. The number of rotatable bonds is 8. The summed E-state index contributed by atoms with van der Waals surface area (Å²) in [7, 11) is 0. The number of aryl methyl sites for hydroxylation is 1. The number of carbonyl (C=O) groups excluding carboxylic acids is 1. The molecule has 1 N–H and O–H groups in total. The molecular weight excluding hydrogens is 262 g/mol. The van der Waals surface area contributed by atoms with Crippen LogP contribution in [0.25, 0.3) is 0 Å². The normalized spacial score (nSPS) is 11.2. The van der Waals surface area contributed by atoms with Gasteiger partial charge < -0.3 is 10.1 Å². The fourth-order valence-electron chi connectivity index (χ4n) is 2.46. The van der Waals surface area contributed by atoms with E-state index in [1.54, 1.807) is 0 Å². The summed E-state index contributed by atoms with van der Waals surface area (Å²) in [4.78, 5) is 11.8. The molecule has 3 heteroatoms. The second-order valence-corrected chi connectivity index (χ2v) is 6.37. The lowest BCUT2D eigenvalue weighted by molar-refractivity contribution is -0.121. The second kappa shape index (κ2) is 8.71. The van der Waals surface area contributed by atoms with E-state index < -0.39 is 0 Å². The number of amides is 1. The van der Waals surface area contributed by atoms with Gasteiger partial charge in [0.05, 0.1) is 13.0 Å². The van der Waals surface area contributed by atoms with E-state index in [1.807, 2.05) is 31.2 Å². The van der Waals surface area contributed by atoms with Crippen molar-refractivity contribution < 1.29 is 9.53 Å². The van der Waals surface area contributed by atoms with E-state index in [0.29, 0.717) is 30.8 Å².